The van der Waals surface area contributed by atoms with Crippen LogP contribution >= 0.6 is 0 Å². The lowest BCUT2D eigenvalue weighted by Crippen LogP contribution is -2.18. The van der Waals surface area contributed by atoms with Gasteiger partial charge in [-0.1, -0.05) is 37.3 Å². The first-order chi connectivity index (χ1) is 14.9. The van der Waals surface area contributed by atoms with Crippen LogP contribution in [0.15, 0.2) is 48.6 Å². The number of carbonyl (C=O) groups is 2. The van der Waals surface area contributed by atoms with Gasteiger partial charge in [-0.3, -0.25) is 9.59 Å². The summed E-state index contributed by atoms with van der Waals surface area (Å²) in [4.78, 5) is 23.3. The van der Waals surface area contributed by atoms with Crippen molar-refractivity contribution < 1.29 is 28.6 Å². The fraction of sp³-hybridized carbons (Fsp3) is 0.520. The van der Waals surface area contributed by atoms with Crippen molar-refractivity contribution in [2.24, 2.45) is 17.8 Å². The number of para-hydroxylation sites is 1. The smallest absolute Gasteiger partial charge is 0.305 e. The Morgan fingerprint density at radius 3 is 2.74 bits per heavy atom. The Labute approximate surface area is 183 Å². The second kappa shape index (κ2) is 13.1. The van der Waals surface area contributed by atoms with Gasteiger partial charge in [-0.25, -0.2) is 4.39 Å². The minimum absolute atomic E-state index is 0.0607. The Morgan fingerprint density at radius 1 is 1.23 bits per heavy atom. The number of allylic oxidation sites excluding steroid dienone is 4. The van der Waals surface area contributed by atoms with Gasteiger partial charge in [0.1, 0.15) is 0 Å². The Balaban J connectivity index is 1.79. The SMILES string of the molecule is COC(=O)CCC/C=C\C[C@@H]1[C@@H](/C=C/C(=O)CCOc2ccccc2F)[C@H](C)C[C@@H]1O. The molecule has 1 N–H and O–H groups in total. The van der Waals surface area contributed by atoms with E-state index in [1.54, 1.807) is 18.2 Å². The lowest BCUT2D eigenvalue weighted by atomic mass is 9.87. The van der Waals surface area contributed by atoms with Crippen molar-refractivity contribution in [1.29, 1.82) is 0 Å². The van der Waals surface area contributed by atoms with E-state index < -0.39 is 11.9 Å². The number of ether oxygens (including phenoxy) is 2. The lowest BCUT2D eigenvalue weighted by Gasteiger charge is -2.19. The molecule has 6 heteroatoms. The molecule has 1 aliphatic carbocycles. The summed E-state index contributed by atoms with van der Waals surface area (Å²) in [6.45, 7) is 2.20. The fourth-order valence-corrected chi connectivity index (χ4v) is 4.00. The number of halogens is 1. The molecule has 0 amide bonds. The van der Waals surface area contributed by atoms with E-state index in [0.29, 0.717) is 12.8 Å². The Hall–Kier alpha value is -2.47. The van der Waals surface area contributed by atoms with Gasteiger partial charge in [0, 0.05) is 12.8 Å². The number of hydrogen-bond acceptors (Lipinski definition) is 5. The number of hydrogen-bond donors (Lipinski definition) is 1. The highest BCUT2D eigenvalue weighted by Gasteiger charge is 2.37. The molecule has 1 fully saturated rings. The van der Waals surface area contributed by atoms with Crippen LogP contribution in [0.5, 0.6) is 5.75 Å². The zero-order valence-corrected chi connectivity index (χ0v) is 18.3. The third-order valence-electron chi connectivity index (χ3n) is 5.76. The van der Waals surface area contributed by atoms with Crippen LogP contribution in [-0.2, 0) is 14.3 Å². The summed E-state index contributed by atoms with van der Waals surface area (Å²) in [5.74, 6) is -0.126. The number of aliphatic hydroxyl groups is 1. The molecule has 1 aromatic rings. The van der Waals surface area contributed by atoms with Crippen LogP contribution in [0.4, 0.5) is 4.39 Å². The number of rotatable bonds is 12. The minimum atomic E-state index is -0.444. The maximum absolute atomic E-state index is 13.5. The van der Waals surface area contributed by atoms with E-state index in [9.17, 15) is 19.1 Å². The number of methoxy groups -OCH3 is 1. The number of unbranched alkanes of at least 4 members (excludes halogenated alkanes) is 1. The molecule has 0 aliphatic heterocycles. The fourth-order valence-electron chi connectivity index (χ4n) is 4.00. The third-order valence-corrected chi connectivity index (χ3v) is 5.76. The summed E-state index contributed by atoms with van der Waals surface area (Å²) in [6, 6.07) is 6.12. The van der Waals surface area contributed by atoms with Crippen molar-refractivity contribution in [3.63, 3.8) is 0 Å². The van der Waals surface area contributed by atoms with Gasteiger partial charge in [-0.2, -0.15) is 0 Å². The molecule has 0 heterocycles. The number of benzene rings is 1. The molecule has 1 saturated carbocycles. The van der Waals surface area contributed by atoms with E-state index in [-0.39, 0.29) is 48.3 Å². The zero-order chi connectivity index (χ0) is 22.6. The van der Waals surface area contributed by atoms with Crippen molar-refractivity contribution in [3.8, 4) is 5.75 Å². The van der Waals surface area contributed by atoms with Gasteiger partial charge < -0.3 is 14.6 Å². The normalized spacial score (nSPS) is 23.5. The average Bonchev–Trinajstić information content (AvgIpc) is 3.02. The molecule has 1 aromatic carbocycles. The molecule has 0 aromatic heterocycles. The first-order valence-corrected chi connectivity index (χ1v) is 10.9. The largest absolute Gasteiger partial charge is 0.490 e. The lowest BCUT2D eigenvalue weighted by molar-refractivity contribution is -0.140. The highest BCUT2D eigenvalue weighted by molar-refractivity contribution is 5.89. The monoisotopic (exact) mass is 432 g/mol. The van der Waals surface area contributed by atoms with Crippen LogP contribution in [0.3, 0.4) is 0 Å². The van der Waals surface area contributed by atoms with Crippen molar-refractivity contribution in [3.05, 3.63) is 54.4 Å². The van der Waals surface area contributed by atoms with Crippen LogP contribution < -0.4 is 4.74 Å². The van der Waals surface area contributed by atoms with E-state index in [4.69, 9.17) is 4.74 Å². The highest BCUT2D eigenvalue weighted by atomic mass is 19.1. The average molecular weight is 433 g/mol. The molecule has 0 radical (unpaired) electrons. The number of esters is 1. The maximum Gasteiger partial charge on any atom is 0.305 e. The molecule has 31 heavy (non-hydrogen) atoms. The van der Waals surface area contributed by atoms with Gasteiger partial charge >= 0.3 is 5.97 Å². The van der Waals surface area contributed by atoms with E-state index >= 15 is 0 Å². The highest BCUT2D eigenvalue weighted by Crippen LogP contribution is 2.40. The van der Waals surface area contributed by atoms with Crippen molar-refractivity contribution >= 4 is 11.8 Å². The predicted molar refractivity (Wildman–Crippen MR) is 117 cm³/mol. The van der Waals surface area contributed by atoms with Gasteiger partial charge in [0.2, 0.25) is 0 Å². The molecule has 0 unspecified atom stereocenters. The maximum atomic E-state index is 13.5. The first-order valence-electron chi connectivity index (χ1n) is 10.9. The van der Waals surface area contributed by atoms with Crippen LogP contribution in [0.1, 0.15) is 45.4 Å². The van der Waals surface area contributed by atoms with Crippen LogP contribution in [0.25, 0.3) is 0 Å². The second-order valence-electron chi connectivity index (χ2n) is 8.05. The van der Waals surface area contributed by atoms with E-state index in [2.05, 4.69) is 11.7 Å². The van der Waals surface area contributed by atoms with Crippen molar-refractivity contribution in [2.45, 2.75) is 51.6 Å². The zero-order valence-electron chi connectivity index (χ0n) is 18.3. The van der Waals surface area contributed by atoms with Gasteiger partial charge in [0.25, 0.3) is 0 Å². The second-order valence-corrected chi connectivity index (χ2v) is 8.05. The summed E-state index contributed by atoms with van der Waals surface area (Å²) in [5, 5.41) is 10.4. The molecule has 4 atom stereocenters. The molecule has 0 bridgehead atoms. The first kappa shape index (κ1) is 24.8. The molecule has 5 nitrogen and oxygen atoms in total. The Morgan fingerprint density at radius 2 is 2.00 bits per heavy atom. The Bertz CT molecular complexity index is 773. The van der Waals surface area contributed by atoms with Gasteiger partial charge in [0.05, 0.1) is 19.8 Å². The minimum Gasteiger partial charge on any atom is -0.490 e. The predicted octanol–water partition coefficient (Wildman–Crippen LogP) is 4.64. The topological polar surface area (TPSA) is 72.8 Å². The van der Waals surface area contributed by atoms with Crippen LogP contribution in [0, 0.1) is 23.6 Å². The molecule has 0 spiro atoms. The van der Waals surface area contributed by atoms with Crippen molar-refractivity contribution in [2.75, 3.05) is 13.7 Å². The molecule has 1 aliphatic rings. The molecule has 170 valence electrons. The summed E-state index contributed by atoms with van der Waals surface area (Å²) in [6.07, 6.45) is 10.7. The van der Waals surface area contributed by atoms with Gasteiger partial charge in [0.15, 0.2) is 17.3 Å². The van der Waals surface area contributed by atoms with Crippen LogP contribution in [0.2, 0.25) is 0 Å². The summed E-state index contributed by atoms with van der Waals surface area (Å²) in [7, 11) is 1.38. The van der Waals surface area contributed by atoms with E-state index in [1.165, 1.54) is 19.2 Å². The Kier molecular flexibility index (Phi) is 10.4. The standard InChI is InChI=1S/C25H33FO5/c1-18-17-23(28)21(9-5-3-4-6-12-25(29)30-2)20(18)14-13-19(27)15-16-31-24-11-8-7-10-22(24)26/h3,5,7-8,10-11,13-14,18,20-21,23,28H,4,6,9,12,15-17H2,1-2H3/b5-3-,14-13+/t18-,20+,21-,23+/m1/s1. The van der Waals surface area contributed by atoms with Crippen LogP contribution in [-0.4, -0.2) is 36.7 Å². The van der Waals surface area contributed by atoms with E-state index in [0.717, 1.165) is 19.3 Å². The number of carbonyl (C=O) groups excluding carboxylic acids is 2. The van der Waals surface area contributed by atoms with Crippen molar-refractivity contribution in [1.82, 2.24) is 0 Å². The molecule has 0 saturated heterocycles. The molecule has 2 rings (SSSR count). The summed E-state index contributed by atoms with van der Waals surface area (Å²) in [5.41, 5.74) is 0. The number of ketones is 1. The molecular weight excluding hydrogens is 399 g/mol. The summed E-state index contributed by atoms with van der Waals surface area (Å²) >= 11 is 0. The van der Waals surface area contributed by atoms with E-state index in [1.807, 2.05) is 18.2 Å². The number of aliphatic hydroxyl groups excluding tert-OH is 1. The van der Waals surface area contributed by atoms with Gasteiger partial charge in [-0.05, 0) is 61.6 Å². The van der Waals surface area contributed by atoms with Gasteiger partial charge in [-0.15, -0.1) is 0 Å². The summed E-state index contributed by atoms with van der Waals surface area (Å²) < 4.78 is 23.5. The molecular formula is C25H33FO5. The third kappa shape index (κ3) is 8.29. The quantitative estimate of drug-likeness (QED) is 0.225.